The average molecular weight is 739 g/mol. The van der Waals surface area contributed by atoms with E-state index in [1.807, 2.05) is 36.5 Å². The lowest BCUT2D eigenvalue weighted by atomic mass is 9.71. The molecule has 3 aromatic carbocycles. The number of aromatic hydroxyl groups is 3. The normalized spacial score (nSPS) is 15.8. The van der Waals surface area contributed by atoms with Gasteiger partial charge in [0.25, 0.3) is 0 Å². The minimum Gasteiger partial charge on any atom is -0.507 e. The Kier molecular flexibility index (Phi) is 7.34. The molecule has 1 aliphatic heterocycles. The molecule has 0 spiro atoms. The maximum absolute atomic E-state index is 14.7. The summed E-state index contributed by atoms with van der Waals surface area (Å²) in [6.07, 6.45) is 4.00. The molecular formula is C41H34N6O8. The molecule has 7 aromatic rings. The third kappa shape index (κ3) is 4.77. The molecular weight excluding hydrogens is 704 g/mol. The molecule has 5 heterocycles. The third-order valence-electron chi connectivity index (χ3n) is 10.8. The van der Waals surface area contributed by atoms with Crippen LogP contribution in [-0.4, -0.2) is 64.6 Å². The fourth-order valence-electron chi connectivity index (χ4n) is 7.81. The summed E-state index contributed by atoms with van der Waals surface area (Å²) in [5, 5.41) is 39.9. The van der Waals surface area contributed by atoms with Crippen LogP contribution in [0, 0.1) is 13.8 Å². The molecule has 0 fully saturated rings. The fourth-order valence-corrected chi connectivity index (χ4v) is 7.81. The van der Waals surface area contributed by atoms with Crippen molar-refractivity contribution in [2.75, 3.05) is 14.2 Å². The molecule has 55 heavy (non-hydrogen) atoms. The Balaban J connectivity index is 1.18. The summed E-state index contributed by atoms with van der Waals surface area (Å²) in [5.74, 6) is 0.175. The van der Waals surface area contributed by atoms with E-state index in [0.717, 1.165) is 16.5 Å². The lowest BCUT2D eigenvalue weighted by Gasteiger charge is -2.27. The second kappa shape index (κ2) is 12.0. The van der Waals surface area contributed by atoms with Gasteiger partial charge in [-0.3, -0.25) is 9.36 Å². The number of hydrogen-bond acceptors (Lipinski definition) is 11. The fraction of sp³-hybridized carbons (Fsp3) is 0.195. The van der Waals surface area contributed by atoms with Crippen molar-refractivity contribution in [3.05, 3.63) is 111 Å². The second-order valence-corrected chi connectivity index (χ2v) is 13.8. The molecule has 0 unspecified atom stereocenters. The number of methoxy groups -OCH3 is 2. The van der Waals surface area contributed by atoms with Crippen LogP contribution >= 0.6 is 0 Å². The van der Waals surface area contributed by atoms with Crippen molar-refractivity contribution in [1.29, 1.82) is 0 Å². The van der Waals surface area contributed by atoms with Crippen LogP contribution < -0.4 is 19.9 Å². The molecule has 14 heteroatoms. The second-order valence-electron chi connectivity index (χ2n) is 13.8. The summed E-state index contributed by atoms with van der Waals surface area (Å²) in [7, 11) is 3.17. The van der Waals surface area contributed by atoms with Gasteiger partial charge in [0.2, 0.25) is 5.88 Å². The van der Waals surface area contributed by atoms with Crippen molar-refractivity contribution >= 4 is 33.8 Å². The predicted molar refractivity (Wildman–Crippen MR) is 203 cm³/mol. The van der Waals surface area contributed by atoms with Crippen molar-refractivity contribution in [3.8, 4) is 51.6 Å². The number of H-pyrrole nitrogens is 1. The Morgan fingerprint density at radius 1 is 0.891 bits per heavy atom. The zero-order valence-electron chi connectivity index (χ0n) is 30.4. The number of aromatic amines is 1. The van der Waals surface area contributed by atoms with Crippen LogP contribution in [0.15, 0.2) is 71.3 Å². The highest BCUT2D eigenvalue weighted by Gasteiger charge is 2.55. The number of allylic oxidation sites excluding steroid dienone is 1. The highest BCUT2D eigenvalue weighted by Crippen LogP contribution is 2.60. The number of nitrogens with one attached hydrogen (secondary N) is 1. The summed E-state index contributed by atoms with van der Waals surface area (Å²) in [5.41, 5.74) is 2.36. The van der Waals surface area contributed by atoms with E-state index in [4.69, 9.17) is 19.2 Å². The number of phenols is 2. The van der Waals surface area contributed by atoms with E-state index in [0.29, 0.717) is 40.6 Å². The van der Waals surface area contributed by atoms with Gasteiger partial charge in [0.15, 0.2) is 5.78 Å². The SMILES string of the molecule is COc1ccc(-n2nc(C)c3c2C=C2Oc4c(-c5ccc6c(O)nc(=O)n(CCc7c[nH]c8ccc(OC)cc78)c6n5)c(O)c(C)c(O)c4[C@@]2(C)C3=O)cc1. The van der Waals surface area contributed by atoms with Gasteiger partial charge in [-0.1, -0.05) is 0 Å². The Morgan fingerprint density at radius 3 is 2.38 bits per heavy atom. The van der Waals surface area contributed by atoms with E-state index in [1.165, 1.54) is 11.5 Å². The number of hydrogen-bond donors (Lipinski definition) is 4. The van der Waals surface area contributed by atoms with Crippen molar-refractivity contribution in [2.24, 2.45) is 0 Å². The lowest BCUT2D eigenvalue weighted by molar-refractivity contribution is 0.0905. The van der Waals surface area contributed by atoms with Gasteiger partial charge >= 0.3 is 5.69 Å². The lowest BCUT2D eigenvalue weighted by Crippen LogP contribution is -2.36. The molecule has 0 saturated heterocycles. The van der Waals surface area contributed by atoms with Gasteiger partial charge in [-0.05, 0) is 87.4 Å². The largest absolute Gasteiger partial charge is 0.507 e. The van der Waals surface area contributed by atoms with Gasteiger partial charge in [0.1, 0.15) is 45.6 Å². The molecule has 1 aliphatic carbocycles. The predicted octanol–water partition coefficient (Wildman–Crippen LogP) is 6.01. The van der Waals surface area contributed by atoms with Crippen LogP contribution in [0.3, 0.4) is 0 Å². The summed E-state index contributed by atoms with van der Waals surface area (Å²) in [6.45, 7) is 5.12. The molecule has 1 atom stereocenters. The van der Waals surface area contributed by atoms with Crippen molar-refractivity contribution < 1.29 is 34.3 Å². The molecule has 2 aliphatic rings. The van der Waals surface area contributed by atoms with Gasteiger partial charge in [-0.25, -0.2) is 14.5 Å². The number of benzene rings is 3. The average Bonchev–Trinajstić information content (AvgIpc) is 3.84. The monoisotopic (exact) mass is 738 g/mol. The summed E-state index contributed by atoms with van der Waals surface area (Å²) >= 11 is 0. The van der Waals surface area contributed by atoms with Crippen LogP contribution in [0.5, 0.6) is 34.6 Å². The highest BCUT2D eigenvalue weighted by molar-refractivity contribution is 6.14. The van der Waals surface area contributed by atoms with Gasteiger partial charge in [0, 0.05) is 35.3 Å². The first-order chi connectivity index (χ1) is 26.4. The molecule has 0 saturated carbocycles. The molecule has 9 rings (SSSR count). The molecule has 0 radical (unpaired) electrons. The standard InChI is InChI=1S/C41H34N6O8/c1-19-34(48)32(28-13-11-25-38(43-28)46(40(52)44-39(25)51)15-14-21-18-42-27-12-10-24(54-5)16-26(21)27)36-33(35(19)49)41(3)30(55-36)17-29-31(37(41)50)20(2)45-47(29)22-6-8-23(53-4)9-7-22/h6-13,16-18,42,48-49H,14-15H2,1-5H3,(H,44,51,52)/t41-/m0/s1. The van der Waals surface area contributed by atoms with Crippen LogP contribution in [0.2, 0.25) is 0 Å². The first kappa shape index (κ1) is 33.7. The number of aryl methyl sites for hydroxylation is 3. The summed E-state index contributed by atoms with van der Waals surface area (Å²) in [4.78, 5) is 39.9. The van der Waals surface area contributed by atoms with E-state index in [9.17, 15) is 24.9 Å². The maximum atomic E-state index is 14.7. The maximum Gasteiger partial charge on any atom is 0.352 e. The van der Waals surface area contributed by atoms with Gasteiger partial charge in [-0.2, -0.15) is 10.1 Å². The Labute approximate surface area is 312 Å². The van der Waals surface area contributed by atoms with E-state index in [1.54, 1.807) is 63.1 Å². The number of carbonyl (C=O) groups excluding carboxylic acids is 1. The number of fused-ring (bicyclic) bond motifs is 6. The summed E-state index contributed by atoms with van der Waals surface area (Å²) < 4.78 is 20.2. The zero-order valence-corrected chi connectivity index (χ0v) is 30.4. The Hall–Kier alpha value is -7.09. The number of carbonyl (C=O) groups is 1. The number of pyridine rings is 1. The minimum absolute atomic E-state index is 0.0428. The van der Waals surface area contributed by atoms with Gasteiger partial charge < -0.3 is 34.5 Å². The zero-order chi connectivity index (χ0) is 38.5. The molecule has 0 amide bonds. The number of Topliss-reactive ketones (excluding diaryl/α,β-unsaturated/α-hetero) is 1. The number of nitrogens with zero attached hydrogens (tertiary/aromatic N) is 5. The Morgan fingerprint density at radius 2 is 1.64 bits per heavy atom. The van der Waals surface area contributed by atoms with Crippen molar-refractivity contribution in [1.82, 2.24) is 29.3 Å². The molecule has 4 aromatic heterocycles. The van der Waals surface area contributed by atoms with E-state index in [-0.39, 0.29) is 68.8 Å². The number of rotatable bonds is 7. The van der Waals surface area contributed by atoms with E-state index >= 15 is 0 Å². The van der Waals surface area contributed by atoms with Crippen LogP contribution in [0.4, 0.5) is 0 Å². The van der Waals surface area contributed by atoms with Crippen LogP contribution in [-0.2, 0) is 18.4 Å². The number of phenolic OH excluding ortho intramolecular Hbond substituents is 2. The highest BCUT2D eigenvalue weighted by atomic mass is 16.5. The Bertz CT molecular complexity index is 2890. The minimum atomic E-state index is -1.48. The van der Waals surface area contributed by atoms with E-state index < -0.39 is 17.0 Å². The number of ketones is 1. The van der Waals surface area contributed by atoms with Crippen molar-refractivity contribution in [3.63, 3.8) is 0 Å². The first-order valence-corrected chi connectivity index (χ1v) is 17.5. The smallest absolute Gasteiger partial charge is 0.352 e. The summed E-state index contributed by atoms with van der Waals surface area (Å²) in [6, 6.07) is 16.0. The third-order valence-corrected chi connectivity index (χ3v) is 10.8. The molecule has 0 bridgehead atoms. The molecule has 14 nitrogen and oxygen atoms in total. The molecule has 4 N–H and O–H groups in total. The van der Waals surface area contributed by atoms with Crippen LogP contribution in [0.25, 0.3) is 45.0 Å². The number of ether oxygens (including phenoxy) is 3. The van der Waals surface area contributed by atoms with Gasteiger partial charge in [0.05, 0.1) is 59.1 Å². The quantitative estimate of drug-likeness (QED) is 0.150. The van der Waals surface area contributed by atoms with Crippen molar-refractivity contribution in [2.45, 2.75) is 39.2 Å². The van der Waals surface area contributed by atoms with Gasteiger partial charge in [-0.15, -0.1) is 0 Å². The van der Waals surface area contributed by atoms with E-state index in [2.05, 4.69) is 15.1 Å². The topological polar surface area (TPSA) is 187 Å². The number of aromatic nitrogens is 6. The van der Waals surface area contributed by atoms with Crippen LogP contribution in [0.1, 0.15) is 45.4 Å². The molecule has 276 valence electrons. The first-order valence-electron chi connectivity index (χ1n) is 17.5.